The summed E-state index contributed by atoms with van der Waals surface area (Å²) in [6.07, 6.45) is 6.26. The van der Waals surface area contributed by atoms with Crippen molar-refractivity contribution >= 4 is 11.9 Å². The average Bonchev–Trinajstić information content (AvgIpc) is 2.30. The van der Waals surface area contributed by atoms with Gasteiger partial charge in [-0.2, -0.15) is 0 Å². The summed E-state index contributed by atoms with van der Waals surface area (Å²) in [5.74, 6) is 0. The smallest absolute Gasteiger partial charge is 0.126 e. The summed E-state index contributed by atoms with van der Waals surface area (Å²) in [6, 6.07) is 8.56. The third kappa shape index (κ3) is 2.24. The zero-order chi connectivity index (χ0) is 11.6. The van der Waals surface area contributed by atoms with E-state index in [2.05, 4.69) is 44.2 Å². The number of aldehydes is 1. The van der Waals surface area contributed by atoms with Crippen LogP contribution in [-0.2, 0) is 4.79 Å². The molecule has 0 fully saturated rings. The molecule has 1 atom stereocenters. The number of benzene rings is 1. The number of carbonyl (C=O) groups is 1. The molecule has 1 aliphatic carbocycles. The molecule has 0 spiro atoms. The highest BCUT2D eigenvalue weighted by Gasteiger charge is 2.27. The minimum atomic E-state index is -0.158. The Morgan fingerprint density at radius 3 is 2.56 bits per heavy atom. The van der Waals surface area contributed by atoms with E-state index in [1.807, 2.05) is 0 Å². The lowest BCUT2D eigenvalue weighted by Gasteiger charge is -2.28. The van der Waals surface area contributed by atoms with E-state index in [0.29, 0.717) is 0 Å². The van der Waals surface area contributed by atoms with Crippen LogP contribution in [0.1, 0.15) is 37.3 Å². The second-order valence-corrected chi connectivity index (χ2v) is 5.08. The van der Waals surface area contributed by atoms with Gasteiger partial charge >= 0.3 is 0 Å². The van der Waals surface area contributed by atoms with Gasteiger partial charge in [-0.3, -0.25) is 0 Å². The first-order chi connectivity index (χ1) is 7.63. The summed E-state index contributed by atoms with van der Waals surface area (Å²) in [6.45, 7) is 4.15. The summed E-state index contributed by atoms with van der Waals surface area (Å²) in [4.78, 5) is 11.1. The zero-order valence-corrected chi connectivity index (χ0v) is 9.99. The molecule has 0 saturated heterocycles. The Morgan fingerprint density at radius 2 is 1.94 bits per heavy atom. The normalized spacial score (nSPS) is 25.0. The molecule has 1 heteroatoms. The molecule has 1 unspecified atom stereocenters. The van der Waals surface area contributed by atoms with Gasteiger partial charge in [-0.05, 0) is 37.3 Å². The van der Waals surface area contributed by atoms with Crippen molar-refractivity contribution in [3.8, 4) is 0 Å². The quantitative estimate of drug-likeness (QED) is 0.685. The lowest BCUT2D eigenvalue weighted by molar-refractivity contribution is -0.115. The Kier molecular flexibility index (Phi) is 2.95. The van der Waals surface area contributed by atoms with Gasteiger partial charge in [-0.1, -0.05) is 42.8 Å². The first-order valence-electron chi connectivity index (χ1n) is 5.85. The van der Waals surface area contributed by atoms with Crippen LogP contribution in [0, 0.1) is 12.3 Å². The highest BCUT2D eigenvalue weighted by Crippen LogP contribution is 2.38. The van der Waals surface area contributed by atoms with E-state index in [0.717, 1.165) is 25.5 Å². The van der Waals surface area contributed by atoms with E-state index in [-0.39, 0.29) is 5.41 Å². The molecule has 0 N–H and O–H groups in total. The molecule has 1 aromatic rings. The minimum absolute atomic E-state index is 0.158. The van der Waals surface area contributed by atoms with E-state index in [1.54, 1.807) is 0 Å². The van der Waals surface area contributed by atoms with Crippen LogP contribution < -0.4 is 0 Å². The van der Waals surface area contributed by atoms with Crippen molar-refractivity contribution in [2.24, 2.45) is 5.41 Å². The van der Waals surface area contributed by atoms with Crippen LogP contribution in [0.25, 0.3) is 5.57 Å². The van der Waals surface area contributed by atoms with E-state index < -0.39 is 0 Å². The number of allylic oxidation sites excluding steroid dienone is 2. The third-order valence-electron chi connectivity index (χ3n) is 3.41. The maximum atomic E-state index is 11.1. The van der Waals surface area contributed by atoms with Gasteiger partial charge in [0.1, 0.15) is 6.29 Å². The van der Waals surface area contributed by atoms with E-state index in [4.69, 9.17) is 0 Å². The predicted octanol–water partition coefficient (Wildman–Crippen LogP) is 3.77. The molecule has 1 nitrogen and oxygen atoms in total. The SMILES string of the molecule is Cc1ccc(C2=CCCC(C)(C=O)C2)cc1. The van der Waals surface area contributed by atoms with Crippen LogP contribution in [0.2, 0.25) is 0 Å². The van der Waals surface area contributed by atoms with Crippen LogP contribution in [0.3, 0.4) is 0 Å². The van der Waals surface area contributed by atoms with Gasteiger partial charge < -0.3 is 4.79 Å². The molecule has 0 amide bonds. The molecular formula is C15H18O. The Bertz CT molecular complexity index is 414. The Labute approximate surface area is 97.2 Å². The number of rotatable bonds is 2. The summed E-state index contributed by atoms with van der Waals surface area (Å²) in [5, 5.41) is 0. The Hall–Kier alpha value is -1.37. The first kappa shape index (κ1) is 11.1. The second-order valence-electron chi connectivity index (χ2n) is 5.08. The summed E-state index contributed by atoms with van der Waals surface area (Å²) < 4.78 is 0. The van der Waals surface area contributed by atoms with Crippen LogP contribution in [0.15, 0.2) is 30.3 Å². The highest BCUT2D eigenvalue weighted by atomic mass is 16.1. The van der Waals surface area contributed by atoms with E-state index >= 15 is 0 Å². The number of carbonyl (C=O) groups excluding carboxylic acids is 1. The van der Waals surface area contributed by atoms with Crippen molar-refractivity contribution in [2.75, 3.05) is 0 Å². The van der Waals surface area contributed by atoms with Gasteiger partial charge in [-0.25, -0.2) is 0 Å². The van der Waals surface area contributed by atoms with Crippen molar-refractivity contribution in [3.05, 3.63) is 41.5 Å². The highest BCUT2D eigenvalue weighted by molar-refractivity contribution is 5.72. The monoisotopic (exact) mass is 214 g/mol. The molecule has 84 valence electrons. The number of hydrogen-bond donors (Lipinski definition) is 0. The number of aryl methyl sites for hydroxylation is 1. The number of hydrogen-bond acceptors (Lipinski definition) is 1. The van der Waals surface area contributed by atoms with Crippen LogP contribution in [-0.4, -0.2) is 6.29 Å². The van der Waals surface area contributed by atoms with Gasteiger partial charge in [0.05, 0.1) is 0 Å². The van der Waals surface area contributed by atoms with Crippen molar-refractivity contribution in [1.82, 2.24) is 0 Å². The molecule has 1 aromatic carbocycles. The predicted molar refractivity (Wildman–Crippen MR) is 67.2 cm³/mol. The fraction of sp³-hybridized carbons (Fsp3) is 0.400. The van der Waals surface area contributed by atoms with Gasteiger partial charge in [0.25, 0.3) is 0 Å². The minimum Gasteiger partial charge on any atom is -0.303 e. The Morgan fingerprint density at radius 1 is 1.25 bits per heavy atom. The summed E-state index contributed by atoms with van der Waals surface area (Å²) >= 11 is 0. The molecule has 0 bridgehead atoms. The molecule has 16 heavy (non-hydrogen) atoms. The first-order valence-corrected chi connectivity index (χ1v) is 5.85. The second kappa shape index (κ2) is 4.25. The van der Waals surface area contributed by atoms with Gasteiger partial charge in [0.2, 0.25) is 0 Å². The topological polar surface area (TPSA) is 17.1 Å². The van der Waals surface area contributed by atoms with E-state index in [9.17, 15) is 4.79 Å². The van der Waals surface area contributed by atoms with E-state index in [1.165, 1.54) is 16.7 Å². The van der Waals surface area contributed by atoms with Crippen molar-refractivity contribution in [3.63, 3.8) is 0 Å². The molecule has 0 heterocycles. The van der Waals surface area contributed by atoms with Crippen LogP contribution in [0.4, 0.5) is 0 Å². The van der Waals surface area contributed by atoms with Gasteiger partial charge in [0, 0.05) is 5.41 Å². The Balaban J connectivity index is 2.25. The summed E-state index contributed by atoms with van der Waals surface area (Å²) in [5.41, 5.74) is 3.70. The molecule has 0 radical (unpaired) electrons. The maximum Gasteiger partial charge on any atom is 0.126 e. The van der Waals surface area contributed by atoms with Crippen LogP contribution >= 0.6 is 0 Å². The fourth-order valence-corrected chi connectivity index (χ4v) is 2.26. The third-order valence-corrected chi connectivity index (χ3v) is 3.41. The molecule has 0 aliphatic heterocycles. The molecular weight excluding hydrogens is 196 g/mol. The van der Waals surface area contributed by atoms with Gasteiger partial charge in [0.15, 0.2) is 0 Å². The fourth-order valence-electron chi connectivity index (χ4n) is 2.26. The van der Waals surface area contributed by atoms with Crippen molar-refractivity contribution in [2.45, 2.75) is 33.1 Å². The standard InChI is InChI=1S/C15H18O/c1-12-5-7-13(8-6-12)14-4-3-9-15(2,10-14)11-16/h4-8,11H,3,9-10H2,1-2H3. The molecule has 2 rings (SSSR count). The molecule has 1 aliphatic rings. The van der Waals surface area contributed by atoms with Crippen molar-refractivity contribution < 1.29 is 4.79 Å². The van der Waals surface area contributed by atoms with Gasteiger partial charge in [-0.15, -0.1) is 0 Å². The molecule has 0 aromatic heterocycles. The zero-order valence-electron chi connectivity index (χ0n) is 9.99. The van der Waals surface area contributed by atoms with Crippen LogP contribution in [0.5, 0.6) is 0 Å². The lowest BCUT2D eigenvalue weighted by Crippen LogP contribution is -2.21. The average molecular weight is 214 g/mol. The molecule has 0 saturated carbocycles. The largest absolute Gasteiger partial charge is 0.303 e. The maximum absolute atomic E-state index is 11.1. The van der Waals surface area contributed by atoms with Crippen molar-refractivity contribution in [1.29, 1.82) is 0 Å². The lowest BCUT2D eigenvalue weighted by atomic mass is 9.75. The summed E-state index contributed by atoms with van der Waals surface area (Å²) in [7, 11) is 0.